The van der Waals surface area contributed by atoms with Crippen molar-refractivity contribution in [1.82, 2.24) is 0 Å². The van der Waals surface area contributed by atoms with E-state index in [1.54, 1.807) is 0 Å². The molecular formula is C13H14O3S. The molecule has 0 bridgehead atoms. The Morgan fingerprint density at radius 3 is 2.41 bits per heavy atom. The maximum absolute atomic E-state index is 12.5. The van der Waals surface area contributed by atoms with Gasteiger partial charge in [0.1, 0.15) is 5.60 Å². The summed E-state index contributed by atoms with van der Waals surface area (Å²) >= 11 is 0. The van der Waals surface area contributed by atoms with Gasteiger partial charge >= 0.3 is 0 Å². The second-order valence-electron chi connectivity index (χ2n) is 4.95. The SMILES string of the molecule is Cc1ccc(S(=O)[C@]23O[C@@]2(C)CCC3=O)cc1. The van der Waals surface area contributed by atoms with Crippen LogP contribution in [-0.2, 0) is 20.3 Å². The van der Waals surface area contributed by atoms with Crippen molar-refractivity contribution in [3.8, 4) is 0 Å². The molecule has 3 nitrogen and oxygen atoms in total. The first-order valence-electron chi connectivity index (χ1n) is 5.72. The zero-order chi connectivity index (χ0) is 12.3. The van der Waals surface area contributed by atoms with Crippen LogP contribution in [0.3, 0.4) is 0 Å². The molecule has 0 spiro atoms. The van der Waals surface area contributed by atoms with E-state index in [0.717, 1.165) is 5.56 Å². The summed E-state index contributed by atoms with van der Waals surface area (Å²) in [5.74, 6) is -0.0149. The van der Waals surface area contributed by atoms with E-state index >= 15 is 0 Å². The lowest BCUT2D eigenvalue weighted by atomic mass is 10.1. The quantitative estimate of drug-likeness (QED) is 0.754. The fraction of sp³-hybridized carbons (Fsp3) is 0.462. The fourth-order valence-corrected chi connectivity index (χ4v) is 4.32. The summed E-state index contributed by atoms with van der Waals surface area (Å²) in [6.07, 6.45) is 1.16. The van der Waals surface area contributed by atoms with E-state index in [9.17, 15) is 9.00 Å². The standard InChI is InChI=1S/C13H14O3S/c1-9-3-5-10(6-4-9)17(15)13-11(14)7-8-12(13,2)16-13/h3-6H,7-8H2,1-2H3/t12-,13-,17?/m0/s1. The van der Waals surface area contributed by atoms with Crippen LogP contribution in [0.5, 0.6) is 0 Å². The molecular weight excluding hydrogens is 236 g/mol. The van der Waals surface area contributed by atoms with E-state index in [0.29, 0.717) is 17.7 Å². The number of fused-ring (bicyclic) bond motifs is 1. The minimum Gasteiger partial charge on any atom is -0.341 e. The Hall–Kier alpha value is -1.00. The van der Waals surface area contributed by atoms with Crippen molar-refractivity contribution in [2.24, 2.45) is 0 Å². The number of epoxide rings is 1. The lowest BCUT2D eigenvalue weighted by molar-refractivity contribution is -0.121. The Labute approximate surface area is 103 Å². The van der Waals surface area contributed by atoms with Gasteiger partial charge in [0.2, 0.25) is 4.93 Å². The molecule has 1 saturated carbocycles. The highest BCUT2D eigenvalue weighted by Crippen LogP contribution is 2.60. The van der Waals surface area contributed by atoms with E-state index in [1.807, 2.05) is 38.1 Å². The van der Waals surface area contributed by atoms with Crippen LogP contribution in [0.2, 0.25) is 0 Å². The largest absolute Gasteiger partial charge is 0.341 e. The lowest BCUT2D eigenvalue weighted by Gasteiger charge is -2.08. The summed E-state index contributed by atoms with van der Waals surface area (Å²) in [5, 5.41) is 0. The fourth-order valence-electron chi connectivity index (χ4n) is 2.54. The molecule has 3 rings (SSSR count). The highest BCUT2D eigenvalue weighted by molar-refractivity contribution is 7.87. The Kier molecular flexibility index (Phi) is 2.14. The van der Waals surface area contributed by atoms with Crippen molar-refractivity contribution in [2.45, 2.75) is 42.1 Å². The summed E-state index contributed by atoms with van der Waals surface area (Å²) in [6, 6.07) is 7.44. The molecule has 17 heavy (non-hydrogen) atoms. The summed E-state index contributed by atoms with van der Waals surface area (Å²) < 4.78 is 18.0. The minimum atomic E-state index is -1.40. The normalized spacial score (nSPS) is 36.7. The zero-order valence-electron chi connectivity index (χ0n) is 9.86. The van der Waals surface area contributed by atoms with Gasteiger partial charge in [-0.3, -0.25) is 9.00 Å². The third kappa shape index (κ3) is 1.31. The van der Waals surface area contributed by atoms with Gasteiger partial charge in [0, 0.05) is 11.3 Å². The predicted octanol–water partition coefficient (Wildman–Crippen LogP) is 1.95. The number of rotatable bonds is 2. The topological polar surface area (TPSA) is 46.7 Å². The number of hydrogen-bond acceptors (Lipinski definition) is 3. The van der Waals surface area contributed by atoms with Gasteiger partial charge in [0.15, 0.2) is 5.78 Å². The maximum atomic E-state index is 12.5. The van der Waals surface area contributed by atoms with Crippen LogP contribution >= 0.6 is 0 Å². The number of ether oxygens (including phenoxy) is 1. The second kappa shape index (κ2) is 3.27. The molecule has 2 aliphatic rings. The number of aryl methyl sites for hydroxylation is 1. The number of hydrogen-bond donors (Lipinski definition) is 0. The van der Waals surface area contributed by atoms with Crippen LogP contribution in [0.1, 0.15) is 25.3 Å². The molecule has 1 saturated heterocycles. The first-order chi connectivity index (χ1) is 7.99. The smallest absolute Gasteiger partial charge is 0.235 e. The highest BCUT2D eigenvalue weighted by atomic mass is 32.2. The summed E-state index contributed by atoms with van der Waals surface area (Å²) in [7, 11) is -1.40. The van der Waals surface area contributed by atoms with Gasteiger partial charge in [-0.15, -0.1) is 0 Å². The van der Waals surface area contributed by atoms with E-state index in [2.05, 4.69) is 0 Å². The first-order valence-corrected chi connectivity index (χ1v) is 6.87. The average molecular weight is 250 g/mol. The monoisotopic (exact) mass is 250 g/mol. The molecule has 1 heterocycles. The van der Waals surface area contributed by atoms with Gasteiger partial charge in [-0.1, -0.05) is 17.7 Å². The van der Waals surface area contributed by atoms with Gasteiger partial charge in [-0.25, -0.2) is 0 Å². The molecule has 90 valence electrons. The van der Waals surface area contributed by atoms with Gasteiger partial charge in [-0.05, 0) is 32.4 Å². The van der Waals surface area contributed by atoms with Crippen LogP contribution in [0, 0.1) is 6.92 Å². The van der Waals surface area contributed by atoms with Gasteiger partial charge < -0.3 is 4.74 Å². The van der Waals surface area contributed by atoms with E-state index in [-0.39, 0.29) is 5.78 Å². The van der Waals surface area contributed by atoms with Crippen LogP contribution in [0.15, 0.2) is 29.2 Å². The molecule has 3 atom stereocenters. The molecule has 1 aromatic carbocycles. The van der Waals surface area contributed by atoms with Gasteiger partial charge in [0.05, 0.1) is 10.8 Å². The molecule has 0 N–H and O–H groups in total. The summed E-state index contributed by atoms with van der Waals surface area (Å²) in [6.45, 7) is 3.85. The van der Waals surface area contributed by atoms with E-state index in [1.165, 1.54) is 0 Å². The van der Waals surface area contributed by atoms with Crippen molar-refractivity contribution in [1.29, 1.82) is 0 Å². The van der Waals surface area contributed by atoms with E-state index < -0.39 is 21.3 Å². The molecule has 0 aromatic heterocycles. The number of ketones is 1. The van der Waals surface area contributed by atoms with Crippen molar-refractivity contribution in [3.63, 3.8) is 0 Å². The van der Waals surface area contributed by atoms with Crippen LogP contribution in [0.4, 0.5) is 0 Å². The molecule has 1 aliphatic heterocycles. The molecule has 2 fully saturated rings. The van der Waals surface area contributed by atoms with Crippen molar-refractivity contribution in [3.05, 3.63) is 29.8 Å². The Morgan fingerprint density at radius 1 is 1.29 bits per heavy atom. The van der Waals surface area contributed by atoms with Gasteiger partial charge in [0.25, 0.3) is 0 Å². The minimum absolute atomic E-state index is 0.0149. The third-order valence-corrected chi connectivity index (χ3v) is 5.68. The van der Waals surface area contributed by atoms with Crippen molar-refractivity contribution in [2.75, 3.05) is 0 Å². The maximum Gasteiger partial charge on any atom is 0.235 e. The lowest BCUT2D eigenvalue weighted by Crippen LogP contribution is -2.30. The number of carbonyl (C=O) groups is 1. The van der Waals surface area contributed by atoms with Crippen molar-refractivity contribution >= 4 is 16.6 Å². The number of Topliss-reactive ketones (excluding diaryl/α,β-unsaturated/α-hetero) is 1. The molecule has 0 radical (unpaired) electrons. The Bertz CT molecular complexity index is 522. The van der Waals surface area contributed by atoms with Crippen LogP contribution in [-0.4, -0.2) is 20.5 Å². The highest BCUT2D eigenvalue weighted by Gasteiger charge is 2.78. The van der Waals surface area contributed by atoms with Crippen LogP contribution in [0.25, 0.3) is 0 Å². The predicted molar refractivity (Wildman–Crippen MR) is 64.0 cm³/mol. The molecule has 0 amide bonds. The summed E-state index contributed by atoms with van der Waals surface area (Å²) in [5.41, 5.74) is 0.611. The zero-order valence-corrected chi connectivity index (χ0v) is 10.7. The molecule has 1 aromatic rings. The van der Waals surface area contributed by atoms with Gasteiger partial charge in [-0.2, -0.15) is 0 Å². The molecule has 1 unspecified atom stereocenters. The van der Waals surface area contributed by atoms with Crippen molar-refractivity contribution < 1.29 is 13.7 Å². The Morgan fingerprint density at radius 2 is 1.94 bits per heavy atom. The third-order valence-electron chi connectivity index (χ3n) is 3.72. The summed E-state index contributed by atoms with van der Waals surface area (Å²) in [4.78, 5) is 11.5. The number of benzene rings is 1. The molecule has 4 heteroatoms. The second-order valence-corrected chi connectivity index (χ2v) is 6.54. The Balaban J connectivity index is 1.99. The molecule has 1 aliphatic carbocycles. The van der Waals surface area contributed by atoms with E-state index in [4.69, 9.17) is 4.74 Å². The first kappa shape index (κ1) is 11.1. The number of carbonyl (C=O) groups excluding carboxylic acids is 1. The average Bonchev–Trinajstić information content (AvgIpc) is 2.87. The van der Waals surface area contributed by atoms with Crippen LogP contribution < -0.4 is 0 Å².